The van der Waals surface area contributed by atoms with Crippen LogP contribution in [0.25, 0.3) is 0 Å². The van der Waals surface area contributed by atoms with Crippen molar-refractivity contribution in [2.45, 2.75) is 24.8 Å². The van der Waals surface area contributed by atoms with Gasteiger partial charge in [0.05, 0.1) is 0 Å². The fourth-order valence-electron chi connectivity index (χ4n) is 2.91. The van der Waals surface area contributed by atoms with Gasteiger partial charge >= 0.3 is 0 Å². The van der Waals surface area contributed by atoms with Crippen LogP contribution in [-0.2, 0) is 12.8 Å². The van der Waals surface area contributed by atoms with Gasteiger partial charge in [-0.1, -0.05) is 24.3 Å². The standard InChI is InChI=1S/C16H16F2N2/c17-12-5-6-15(18)11(7-12)9-16(20-19)14-8-10-3-1-2-4-13(10)14/h1-7,14,16,20H,8-9,19H2. The summed E-state index contributed by atoms with van der Waals surface area (Å²) in [5.74, 6) is 5.04. The molecule has 2 unspecified atom stereocenters. The van der Waals surface area contributed by atoms with E-state index in [0.29, 0.717) is 12.0 Å². The predicted octanol–water partition coefficient (Wildman–Crippen LogP) is 2.68. The zero-order valence-corrected chi connectivity index (χ0v) is 10.9. The maximum absolute atomic E-state index is 13.7. The Bertz CT molecular complexity index is 628. The first-order valence-electron chi connectivity index (χ1n) is 6.67. The van der Waals surface area contributed by atoms with Gasteiger partial charge in [-0.25, -0.2) is 8.78 Å². The number of hydrogen-bond donors (Lipinski definition) is 2. The van der Waals surface area contributed by atoms with Crippen LogP contribution in [0.15, 0.2) is 42.5 Å². The Morgan fingerprint density at radius 1 is 1.20 bits per heavy atom. The lowest BCUT2D eigenvalue weighted by atomic mass is 9.72. The lowest BCUT2D eigenvalue weighted by Crippen LogP contribution is -2.45. The molecule has 0 heterocycles. The number of fused-ring (bicyclic) bond motifs is 1. The average molecular weight is 274 g/mol. The van der Waals surface area contributed by atoms with Crippen LogP contribution in [0.5, 0.6) is 0 Å². The highest BCUT2D eigenvalue weighted by Gasteiger charge is 2.32. The minimum absolute atomic E-state index is 0.0961. The van der Waals surface area contributed by atoms with Crippen LogP contribution < -0.4 is 11.3 Å². The highest BCUT2D eigenvalue weighted by atomic mass is 19.1. The summed E-state index contributed by atoms with van der Waals surface area (Å²) in [5, 5.41) is 0. The summed E-state index contributed by atoms with van der Waals surface area (Å²) in [4.78, 5) is 0. The monoisotopic (exact) mass is 274 g/mol. The molecule has 3 rings (SSSR count). The molecule has 1 aliphatic rings. The van der Waals surface area contributed by atoms with E-state index in [9.17, 15) is 8.78 Å². The molecular weight excluding hydrogens is 258 g/mol. The Morgan fingerprint density at radius 3 is 2.75 bits per heavy atom. The molecule has 1 aliphatic carbocycles. The minimum Gasteiger partial charge on any atom is -0.271 e. The highest BCUT2D eigenvalue weighted by molar-refractivity contribution is 5.41. The molecule has 2 aromatic rings. The minimum atomic E-state index is -0.425. The molecule has 0 aromatic heterocycles. The third-order valence-electron chi connectivity index (χ3n) is 4.04. The van der Waals surface area contributed by atoms with E-state index in [0.717, 1.165) is 18.6 Å². The van der Waals surface area contributed by atoms with E-state index in [2.05, 4.69) is 17.6 Å². The van der Waals surface area contributed by atoms with Crippen LogP contribution in [0.3, 0.4) is 0 Å². The molecule has 0 spiro atoms. The summed E-state index contributed by atoms with van der Waals surface area (Å²) >= 11 is 0. The van der Waals surface area contributed by atoms with Crippen molar-refractivity contribution in [3.05, 3.63) is 70.8 Å². The Balaban J connectivity index is 1.81. The fraction of sp³-hybridized carbons (Fsp3) is 0.250. The van der Waals surface area contributed by atoms with Crippen molar-refractivity contribution < 1.29 is 8.78 Å². The number of benzene rings is 2. The predicted molar refractivity (Wildman–Crippen MR) is 74.1 cm³/mol. The molecule has 2 atom stereocenters. The molecule has 0 aliphatic heterocycles. The summed E-state index contributed by atoms with van der Waals surface area (Å²) in [6, 6.07) is 11.6. The van der Waals surface area contributed by atoms with E-state index in [4.69, 9.17) is 5.84 Å². The Kier molecular flexibility index (Phi) is 3.51. The lowest BCUT2D eigenvalue weighted by molar-refractivity contribution is 0.398. The van der Waals surface area contributed by atoms with Gasteiger partial charge < -0.3 is 0 Å². The van der Waals surface area contributed by atoms with Gasteiger partial charge in [0.25, 0.3) is 0 Å². The van der Waals surface area contributed by atoms with Crippen molar-refractivity contribution in [3.63, 3.8) is 0 Å². The van der Waals surface area contributed by atoms with Crippen LogP contribution in [0.1, 0.15) is 22.6 Å². The van der Waals surface area contributed by atoms with Crippen LogP contribution in [0.4, 0.5) is 8.78 Å². The van der Waals surface area contributed by atoms with E-state index in [1.807, 2.05) is 12.1 Å². The molecule has 0 saturated carbocycles. The first kappa shape index (κ1) is 13.2. The second-order valence-corrected chi connectivity index (χ2v) is 5.22. The lowest BCUT2D eigenvalue weighted by Gasteiger charge is -2.36. The first-order chi connectivity index (χ1) is 9.69. The number of halogens is 2. The summed E-state index contributed by atoms with van der Waals surface area (Å²) in [6.07, 6.45) is 1.29. The maximum Gasteiger partial charge on any atom is 0.126 e. The molecule has 0 amide bonds. The number of hydrazine groups is 1. The van der Waals surface area contributed by atoms with Crippen LogP contribution >= 0.6 is 0 Å². The second-order valence-electron chi connectivity index (χ2n) is 5.22. The average Bonchev–Trinajstić information content (AvgIpc) is 2.43. The van der Waals surface area contributed by atoms with Gasteiger partial charge in [0.2, 0.25) is 0 Å². The quantitative estimate of drug-likeness (QED) is 0.664. The number of rotatable bonds is 4. The molecule has 0 saturated heterocycles. The molecule has 2 nitrogen and oxygen atoms in total. The van der Waals surface area contributed by atoms with Crippen LogP contribution in [0, 0.1) is 11.6 Å². The van der Waals surface area contributed by atoms with Gasteiger partial charge in [0, 0.05) is 12.0 Å². The van der Waals surface area contributed by atoms with Gasteiger partial charge in [0.15, 0.2) is 0 Å². The fourth-order valence-corrected chi connectivity index (χ4v) is 2.91. The summed E-state index contributed by atoms with van der Waals surface area (Å²) in [5.41, 5.74) is 5.66. The maximum atomic E-state index is 13.7. The van der Waals surface area contributed by atoms with E-state index < -0.39 is 5.82 Å². The van der Waals surface area contributed by atoms with E-state index in [1.165, 1.54) is 17.2 Å². The van der Waals surface area contributed by atoms with Crippen molar-refractivity contribution in [3.8, 4) is 0 Å². The molecule has 0 fully saturated rings. The summed E-state index contributed by atoms with van der Waals surface area (Å²) in [6.45, 7) is 0. The first-order valence-corrected chi connectivity index (χ1v) is 6.67. The molecule has 0 radical (unpaired) electrons. The number of nitrogens with two attached hydrogens (primary N) is 1. The molecule has 20 heavy (non-hydrogen) atoms. The summed E-state index contributed by atoms with van der Waals surface area (Å²) < 4.78 is 26.9. The van der Waals surface area contributed by atoms with Gasteiger partial charge in [-0.15, -0.1) is 0 Å². The third kappa shape index (κ3) is 2.32. The van der Waals surface area contributed by atoms with E-state index in [-0.39, 0.29) is 17.8 Å². The molecule has 3 N–H and O–H groups in total. The van der Waals surface area contributed by atoms with E-state index >= 15 is 0 Å². The third-order valence-corrected chi connectivity index (χ3v) is 4.04. The molecule has 0 bridgehead atoms. The zero-order chi connectivity index (χ0) is 14.1. The second kappa shape index (κ2) is 5.31. The van der Waals surface area contributed by atoms with E-state index in [1.54, 1.807) is 0 Å². The van der Waals surface area contributed by atoms with Crippen molar-refractivity contribution in [1.29, 1.82) is 0 Å². The Morgan fingerprint density at radius 2 is 2.00 bits per heavy atom. The highest BCUT2D eigenvalue weighted by Crippen LogP contribution is 2.38. The van der Waals surface area contributed by atoms with Gasteiger partial charge in [-0.3, -0.25) is 11.3 Å². The Hall–Kier alpha value is -1.78. The normalized spacial score (nSPS) is 18.2. The Labute approximate surface area is 116 Å². The van der Waals surface area contributed by atoms with Gasteiger partial charge in [-0.05, 0) is 47.7 Å². The van der Waals surface area contributed by atoms with Crippen LogP contribution in [-0.4, -0.2) is 6.04 Å². The summed E-state index contributed by atoms with van der Waals surface area (Å²) in [7, 11) is 0. The molecule has 2 aromatic carbocycles. The number of hydrogen-bond acceptors (Lipinski definition) is 2. The zero-order valence-electron chi connectivity index (χ0n) is 10.9. The van der Waals surface area contributed by atoms with Crippen LogP contribution in [0.2, 0.25) is 0 Å². The smallest absolute Gasteiger partial charge is 0.126 e. The molecule has 4 heteroatoms. The number of nitrogens with one attached hydrogen (secondary N) is 1. The SMILES string of the molecule is NNC(Cc1cc(F)ccc1F)C1Cc2ccccc21. The largest absolute Gasteiger partial charge is 0.271 e. The topological polar surface area (TPSA) is 38.0 Å². The van der Waals surface area contributed by atoms with Crippen molar-refractivity contribution in [2.24, 2.45) is 5.84 Å². The van der Waals surface area contributed by atoms with Crippen molar-refractivity contribution >= 4 is 0 Å². The molecule has 104 valence electrons. The van der Waals surface area contributed by atoms with Gasteiger partial charge in [0.1, 0.15) is 11.6 Å². The molecular formula is C16H16F2N2. The van der Waals surface area contributed by atoms with Crippen molar-refractivity contribution in [2.75, 3.05) is 0 Å². The van der Waals surface area contributed by atoms with Crippen molar-refractivity contribution in [1.82, 2.24) is 5.43 Å². The van der Waals surface area contributed by atoms with Gasteiger partial charge in [-0.2, -0.15) is 0 Å².